The lowest BCUT2D eigenvalue weighted by atomic mass is 10.1. The molecule has 0 saturated carbocycles. The van der Waals surface area contributed by atoms with E-state index in [1.54, 1.807) is 13.8 Å². The van der Waals surface area contributed by atoms with Gasteiger partial charge in [-0.2, -0.15) is 0 Å². The van der Waals surface area contributed by atoms with Gasteiger partial charge in [0.1, 0.15) is 18.1 Å². The van der Waals surface area contributed by atoms with Crippen molar-refractivity contribution in [1.82, 2.24) is 0 Å². The first-order valence-corrected chi connectivity index (χ1v) is 13.7. The fraction of sp³-hybridized carbons (Fsp3) is 0.118. The highest BCUT2D eigenvalue weighted by molar-refractivity contribution is 8.13. The molecule has 0 aliphatic rings. The largest absolute Gasteiger partial charge is 0.457 e. The Morgan fingerprint density at radius 3 is 1.70 bits per heavy atom. The van der Waals surface area contributed by atoms with Gasteiger partial charge in [0.2, 0.25) is 5.12 Å². The molecular formula is C34H31NO4S. The molecule has 0 N–H and O–H groups in total. The standard InChI is InChI=1S/C34H31NO4S/c1-24(2)33(36)38-22-26-10-14-28(15-11-26)35(29-16-12-27(13-17-29)23-40-34(37)25(3)4)30-18-20-32(21-19-30)39-31-8-6-5-7-9-31/h5-21H,1,3,22-23H2,2,4H3. The van der Waals surface area contributed by atoms with Crippen LogP contribution in [-0.2, 0) is 26.7 Å². The van der Waals surface area contributed by atoms with Crippen LogP contribution in [0.4, 0.5) is 17.1 Å². The topological polar surface area (TPSA) is 55.8 Å². The fourth-order valence-electron chi connectivity index (χ4n) is 3.76. The number of esters is 1. The van der Waals surface area contributed by atoms with E-state index in [2.05, 4.69) is 18.1 Å². The van der Waals surface area contributed by atoms with E-state index >= 15 is 0 Å². The summed E-state index contributed by atoms with van der Waals surface area (Å²) in [5.74, 6) is 1.68. The summed E-state index contributed by atoms with van der Waals surface area (Å²) in [7, 11) is 0. The quantitative estimate of drug-likeness (QED) is 0.138. The van der Waals surface area contributed by atoms with Gasteiger partial charge in [0.05, 0.1) is 0 Å². The normalized spacial score (nSPS) is 10.4. The Morgan fingerprint density at radius 2 is 1.18 bits per heavy atom. The number of nitrogens with zero attached hydrogens (tertiary/aromatic N) is 1. The molecule has 202 valence electrons. The molecule has 5 nitrogen and oxygen atoms in total. The average Bonchev–Trinajstić information content (AvgIpc) is 2.97. The number of benzene rings is 4. The minimum atomic E-state index is -0.410. The molecule has 0 aromatic heterocycles. The van der Waals surface area contributed by atoms with Crippen LogP contribution in [0.25, 0.3) is 0 Å². The van der Waals surface area contributed by atoms with Gasteiger partial charge in [-0.3, -0.25) is 4.79 Å². The summed E-state index contributed by atoms with van der Waals surface area (Å²) in [5.41, 5.74) is 5.67. The molecule has 4 rings (SSSR count). The monoisotopic (exact) mass is 549 g/mol. The number of hydrogen-bond donors (Lipinski definition) is 0. The predicted molar refractivity (Wildman–Crippen MR) is 163 cm³/mol. The lowest BCUT2D eigenvalue weighted by Gasteiger charge is -2.26. The van der Waals surface area contributed by atoms with Gasteiger partial charge in [0.25, 0.3) is 0 Å². The van der Waals surface area contributed by atoms with Crippen molar-refractivity contribution in [3.63, 3.8) is 0 Å². The van der Waals surface area contributed by atoms with Crippen LogP contribution >= 0.6 is 11.8 Å². The van der Waals surface area contributed by atoms with Gasteiger partial charge in [-0.25, -0.2) is 4.79 Å². The van der Waals surface area contributed by atoms with Gasteiger partial charge >= 0.3 is 5.97 Å². The number of rotatable bonds is 11. The fourth-order valence-corrected chi connectivity index (χ4v) is 4.50. The van der Waals surface area contributed by atoms with Crippen molar-refractivity contribution in [3.8, 4) is 11.5 Å². The van der Waals surface area contributed by atoms with Gasteiger partial charge in [-0.05, 0) is 91.2 Å². The van der Waals surface area contributed by atoms with E-state index in [0.717, 1.165) is 39.7 Å². The van der Waals surface area contributed by atoms with Crippen LogP contribution in [-0.4, -0.2) is 11.1 Å². The van der Waals surface area contributed by atoms with Gasteiger partial charge in [0.15, 0.2) is 0 Å². The van der Waals surface area contributed by atoms with Crippen molar-refractivity contribution in [1.29, 1.82) is 0 Å². The Kier molecular flexibility index (Phi) is 9.60. The highest BCUT2D eigenvalue weighted by Gasteiger charge is 2.14. The van der Waals surface area contributed by atoms with Crippen LogP contribution in [0.2, 0.25) is 0 Å². The molecule has 40 heavy (non-hydrogen) atoms. The molecule has 6 heteroatoms. The highest BCUT2D eigenvalue weighted by atomic mass is 32.2. The minimum Gasteiger partial charge on any atom is -0.457 e. The lowest BCUT2D eigenvalue weighted by molar-refractivity contribution is -0.140. The molecular weight excluding hydrogens is 518 g/mol. The molecule has 0 saturated heterocycles. The summed E-state index contributed by atoms with van der Waals surface area (Å²) in [6, 6.07) is 33.6. The second kappa shape index (κ2) is 13.5. The minimum absolute atomic E-state index is 0.00228. The molecule has 0 amide bonds. The number of ether oxygens (including phenoxy) is 2. The Hall–Kier alpha value is -4.55. The Balaban J connectivity index is 1.58. The number of hydrogen-bond acceptors (Lipinski definition) is 6. The Morgan fingerprint density at radius 1 is 0.675 bits per heavy atom. The molecule has 0 bridgehead atoms. The molecule has 4 aromatic rings. The number of thioether (sulfide) groups is 1. The van der Waals surface area contributed by atoms with Crippen molar-refractivity contribution >= 4 is 39.9 Å². The Labute approximate surface area is 239 Å². The van der Waals surface area contributed by atoms with Crippen molar-refractivity contribution in [2.24, 2.45) is 0 Å². The van der Waals surface area contributed by atoms with Gasteiger partial charge in [0, 0.05) is 28.4 Å². The van der Waals surface area contributed by atoms with E-state index < -0.39 is 5.97 Å². The van der Waals surface area contributed by atoms with Crippen molar-refractivity contribution in [2.75, 3.05) is 4.90 Å². The van der Waals surface area contributed by atoms with Crippen LogP contribution in [0, 0.1) is 0 Å². The molecule has 0 atom stereocenters. The first kappa shape index (κ1) is 28.5. The number of carbonyl (C=O) groups is 2. The van der Waals surface area contributed by atoms with Crippen LogP contribution < -0.4 is 9.64 Å². The second-order valence-electron chi connectivity index (χ2n) is 9.29. The average molecular weight is 550 g/mol. The zero-order chi connectivity index (χ0) is 28.5. The molecule has 0 fully saturated rings. The zero-order valence-corrected chi connectivity index (χ0v) is 23.4. The summed E-state index contributed by atoms with van der Waals surface area (Å²) >= 11 is 1.25. The maximum Gasteiger partial charge on any atom is 0.333 e. The summed E-state index contributed by atoms with van der Waals surface area (Å²) in [6.07, 6.45) is 0. The number of anilines is 3. The van der Waals surface area contributed by atoms with Crippen molar-refractivity contribution < 1.29 is 19.1 Å². The third-order valence-electron chi connectivity index (χ3n) is 5.90. The van der Waals surface area contributed by atoms with Crippen LogP contribution in [0.1, 0.15) is 25.0 Å². The molecule has 0 spiro atoms. The molecule has 0 heterocycles. The maximum atomic E-state index is 12.0. The highest BCUT2D eigenvalue weighted by Crippen LogP contribution is 2.36. The summed E-state index contributed by atoms with van der Waals surface area (Å²) in [6.45, 7) is 10.9. The van der Waals surface area contributed by atoms with E-state index in [1.807, 2.05) is 103 Å². The number of para-hydroxylation sites is 1. The summed E-state index contributed by atoms with van der Waals surface area (Å²) < 4.78 is 11.3. The molecule has 0 aliphatic carbocycles. The van der Waals surface area contributed by atoms with Crippen LogP contribution in [0.5, 0.6) is 11.5 Å². The number of carbonyl (C=O) groups excluding carboxylic acids is 2. The van der Waals surface area contributed by atoms with Crippen LogP contribution in [0.15, 0.2) is 127 Å². The predicted octanol–water partition coefficient (Wildman–Crippen LogP) is 8.90. The van der Waals surface area contributed by atoms with Crippen molar-refractivity contribution in [3.05, 3.63) is 139 Å². The van der Waals surface area contributed by atoms with Crippen molar-refractivity contribution in [2.45, 2.75) is 26.2 Å². The second-order valence-corrected chi connectivity index (χ2v) is 10.2. The van der Waals surface area contributed by atoms with E-state index in [-0.39, 0.29) is 11.7 Å². The zero-order valence-electron chi connectivity index (χ0n) is 22.6. The first-order chi connectivity index (χ1) is 19.3. The van der Waals surface area contributed by atoms with E-state index in [0.29, 0.717) is 16.9 Å². The molecule has 0 unspecified atom stereocenters. The van der Waals surface area contributed by atoms with E-state index in [4.69, 9.17) is 9.47 Å². The third kappa shape index (κ3) is 7.74. The first-order valence-electron chi connectivity index (χ1n) is 12.8. The third-order valence-corrected chi connectivity index (χ3v) is 6.99. The van der Waals surface area contributed by atoms with Crippen LogP contribution in [0.3, 0.4) is 0 Å². The lowest BCUT2D eigenvalue weighted by Crippen LogP contribution is -2.10. The summed E-state index contributed by atoms with van der Waals surface area (Å²) in [4.78, 5) is 25.9. The Bertz CT molecular complexity index is 1400. The maximum absolute atomic E-state index is 12.0. The van der Waals surface area contributed by atoms with E-state index in [9.17, 15) is 9.59 Å². The molecule has 0 radical (unpaired) electrons. The SMILES string of the molecule is C=C(C)C(=O)OCc1ccc(N(c2ccc(CSC(=O)C(=C)C)cc2)c2ccc(Oc3ccccc3)cc2)cc1. The smallest absolute Gasteiger partial charge is 0.333 e. The molecule has 4 aromatic carbocycles. The summed E-state index contributed by atoms with van der Waals surface area (Å²) in [5, 5.41) is -0.00228. The van der Waals surface area contributed by atoms with Gasteiger partial charge in [-0.1, -0.05) is 67.4 Å². The molecule has 0 aliphatic heterocycles. The van der Waals surface area contributed by atoms with E-state index in [1.165, 1.54) is 11.8 Å². The van der Waals surface area contributed by atoms with Gasteiger partial charge < -0.3 is 14.4 Å². The van der Waals surface area contributed by atoms with Gasteiger partial charge in [-0.15, -0.1) is 0 Å².